The van der Waals surface area contributed by atoms with E-state index in [-0.39, 0.29) is 18.2 Å². The van der Waals surface area contributed by atoms with E-state index in [0.717, 1.165) is 28.3 Å². The minimum Gasteiger partial charge on any atom is -0.397 e. The third kappa shape index (κ3) is 4.72. The number of hydrogen-bond donors (Lipinski definition) is 2. The predicted molar refractivity (Wildman–Crippen MR) is 121 cm³/mol. The van der Waals surface area contributed by atoms with E-state index in [1.165, 1.54) is 0 Å². The van der Waals surface area contributed by atoms with Crippen molar-refractivity contribution in [3.63, 3.8) is 0 Å². The van der Waals surface area contributed by atoms with Crippen molar-refractivity contribution in [2.45, 2.75) is 0 Å². The Hall–Kier alpha value is -3.72. The van der Waals surface area contributed by atoms with Gasteiger partial charge in [-0.15, -0.1) is 0 Å². The van der Waals surface area contributed by atoms with Crippen molar-refractivity contribution < 1.29 is 13.2 Å². The molecule has 2 heterocycles. The number of benzene rings is 2. The van der Waals surface area contributed by atoms with Gasteiger partial charge in [0.05, 0.1) is 28.8 Å². The number of nitrogens with one attached hydrogen (secondary N) is 1. The molecule has 2 aromatic heterocycles. The zero-order valence-corrected chi connectivity index (χ0v) is 17.6. The van der Waals surface area contributed by atoms with E-state index in [9.17, 15) is 13.2 Å². The number of nitrogens with zero attached hydrogens (tertiary/aromatic N) is 3. The second-order valence-corrected chi connectivity index (χ2v) is 9.53. The van der Waals surface area contributed by atoms with E-state index in [2.05, 4.69) is 15.4 Å². The molecule has 4 aromatic rings. The highest BCUT2D eigenvalue weighted by Gasteiger charge is 2.11. The summed E-state index contributed by atoms with van der Waals surface area (Å²) in [6.07, 6.45) is 6.24. The predicted octanol–water partition coefficient (Wildman–Crippen LogP) is 2.44. The van der Waals surface area contributed by atoms with Crippen molar-refractivity contribution >= 4 is 32.3 Å². The third-order valence-corrected chi connectivity index (χ3v) is 5.72. The van der Waals surface area contributed by atoms with Crippen LogP contribution in [0.2, 0.25) is 0 Å². The molecule has 0 aliphatic rings. The second-order valence-electron chi connectivity index (χ2n) is 7.27. The Balaban J connectivity index is 1.65. The largest absolute Gasteiger partial charge is 0.397 e. The van der Waals surface area contributed by atoms with Crippen molar-refractivity contribution in [2.24, 2.45) is 0 Å². The maximum atomic E-state index is 12.4. The summed E-state index contributed by atoms with van der Waals surface area (Å²) in [6.45, 7) is 0.0597. The lowest BCUT2D eigenvalue weighted by molar-refractivity contribution is 0.0956. The van der Waals surface area contributed by atoms with E-state index in [4.69, 9.17) is 5.73 Å². The van der Waals surface area contributed by atoms with Crippen LogP contribution in [0.25, 0.3) is 27.7 Å². The highest BCUT2D eigenvalue weighted by molar-refractivity contribution is 7.90. The second kappa shape index (κ2) is 8.19. The van der Waals surface area contributed by atoms with Gasteiger partial charge in [0.25, 0.3) is 5.91 Å². The summed E-state index contributed by atoms with van der Waals surface area (Å²) in [4.78, 5) is 16.6. The van der Waals surface area contributed by atoms with E-state index in [0.29, 0.717) is 16.9 Å². The van der Waals surface area contributed by atoms with Crippen LogP contribution in [0.1, 0.15) is 10.4 Å². The number of carbonyl (C=O) groups is 1. The molecular weight excluding hydrogens is 414 g/mol. The third-order valence-electron chi connectivity index (χ3n) is 4.77. The Labute approximate surface area is 179 Å². The molecule has 0 aliphatic heterocycles. The average Bonchev–Trinajstić information content (AvgIpc) is 3.16. The van der Waals surface area contributed by atoms with Crippen molar-refractivity contribution in [1.82, 2.24) is 20.1 Å². The van der Waals surface area contributed by atoms with Crippen LogP contribution < -0.4 is 11.1 Å². The average molecular weight is 436 g/mol. The molecule has 3 N–H and O–H groups in total. The molecule has 9 heteroatoms. The first-order valence-electron chi connectivity index (χ1n) is 9.55. The summed E-state index contributed by atoms with van der Waals surface area (Å²) < 4.78 is 24.3. The van der Waals surface area contributed by atoms with Crippen LogP contribution in [0.5, 0.6) is 0 Å². The van der Waals surface area contributed by atoms with Crippen molar-refractivity contribution in [1.29, 1.82) is 0 Å². The number of aromatic nitrogens is 3. The molecule has 0 aliphatic carbocycles. The van der Waals surface area contributed by atoms with Gasteiger partial charge in [-0.2, -0.15) is 5.10 Å². The molecule has 0 radical (unpaired) electrons. The summed E-state index contributed by atoms with van der Waals surface area (Å²) in [6, 6.07) is 14.8. The molecule has 158 valence electrons. The summed E-state index contributed by atoms with van der Waals surface area (Å²) in [7, 11) is -3.14. The minimum atomic E-state index is -3.14. The van der Waals surface area contributed by atoms with Gasteiger partial charge < -0.3 is 11.1 Å². The van der Waals surface area contributed by atoms with Crippen LogP contribution in [-0.4, -0.2) is 47.6 Å². The molecule has 1 amide bonds. The summed E-state index contributed by atoms with van der Waals surface area (Å²) in [5.41, 5.74) is 10.3. The first kappa shape index (κ1) is 20.5. The Morgan fingerprint density at radius 2 is 1.90 bits per heavy atom. The number of hydrogen-bond acceptors (Lipinski definition) is 6. The fourth-order valence-electron chi connectivity index (χ4n) is 3.25. The molecule has 2 aromatic carbocycles. The van der Waals surface area contributed by atoms with Gasteiger partial charge >= 0.3 is 0 Å². The van der Waals surface area contributed by atoms with Gasteiger partial charge in [0.1, 0.15) is 9.84 Å². The van der Waals surface area contributed by atoms with Gasteiger partial charge in [-0.05, 0) is 35.9 Å². The van der Waals surface area contributed by atoms with Gasteiger partial charge in [-0.3, -0.25) is 9.78 Å². The molecule has 0 unspecified atom stereocenters. The Kier molecular flexibility index (Phi) is 5.43. The number of carbonyl (C=O) groups excluding carboxylic acids is 1. The first-order valence-corrected chi connectivity index (χ1v) is 11.6. The number of rotatable bonds is 6. The topological polar surface area (TPSA) is 120 Å². The fourth-order valence-corrected chi connectivity index (χ4v) is 3.72. The lowest BCUT2D eigenvalue weighted by atomic mass is 10.1. The molecule has 0 saturated carbocycles. The maximum Gasteiger partial charge on any atom is 0.251 e. The highest BCUT2D eigenvalue weighted by Crippen LogP contribution is 2.26. The lowest BCUT2D eigenvalue weighted by Crippen LogP contribution is -2.28. The summed E-state index contributed by atoms with van der Waals surface area (Å²) in [5, 5.41) is 8.06. The maximum absolute atomic E-state index is 12.4. The number of anilines is 1. The van der Waals surface area contributed by atoms with Crippen LogP contribution in [0.4, 0.5) is 5.69 Å². The fraction of sp³-hybridized carbons (Fsp3) is 0.136. The number of fused-ring (bicyclic) bond motifs is 1. The molecule has 8 nitrogen and oxygen atoms in total. The standard InChI is InChI=1S/C22H21N5O3S/c1-31(29,30)8-7-25-22(28)16-3-2-4-20(10-16)27-21-11-15(5-6-17(21)13-26-27)18-9-19(23)14-24-12-18/h2-6,9-14H,7-8,23H2,1H3,(H,25,28). The van der Waals surface area contributed by atoms with Crippen molar-refractivity contribution in [2.75, 3.05) is 24.3 Å². The van der Waals surface area contributed by atoms with Gasteiger partial charge in [-0.1, -0.05) is 18.2 Å². The number of pyridine rings is 1. The van der Waals surface area contributed by atoms with Gasteiger partial charge in [0, 0.05) is 41.7 Å². The lowest BCUT2D eigenvalue weighted by Gasteiger charge is -2.09. The van der Waals surface area contributed by atoms with Crippen LogP contribution >= 0.6 is 0 Å². The monoisotopic (exact) mass is 435 g/mol. The minimum absolute atomic E-state index is 0.0597. The smallest absolute Gasteiger partial charge is 0.251 e. The Morgan fingerprint density at radius 1 is 1.06 bits per heavy atom. The molecule has 31 heavy (non-hydrogen) atoms. The quantitative estimate of drug-likeness (QED) is 0.480. The van der Waals surface area contributed by atoms with Crippen LogP contribution in [0, 0.1) is 0 Å². The number of sulfone groups is 1. The van der Waals surface area contributed by atoms with Gasteiger partial charge in [0.15, 0.2) is 0 Å². The molecule has 0 saturated heterocycles. The summed E-state index contributed by atoms with van der Waals surface area (Å²) in [5.74, 6) is -0.447. The molecule has 0 atom stereocenters. The van der Waals surface area contributed by atoms with Crippen LogP contribution in [0.15, 0.2) is 67.1 Å². The van der Waals surface area contributed by atoms with Crippen molar-refractivity contribution in [3.05, 3.63) is 72.7 Å². The molecule has 0 spiro atoms. The molecular formula is C22H21N5O3S. The normalized spacial score (nSPS) is 11.5. The van der Waals surface area contributed by atoms with E-state index >= 15 is 0 Å². The van der Waals surface area contributed by atoms with E-state index in [1.807, 2.05) is 30.3 Å². The first-order chi connectivity index (χ1) is 14.8. The number of nitrogen functional groups attached to an aromatic ring is 1. The molecule has 0 fully saturated rings. The number of nitrogens with two attached hydrogens (primary N) is 1. The van der Waals surface area contributed by atoms with Crippen molar-refractivity contribution in [3.8, 4) is 16.8 Å². The van der Waals surface area contributed by atoms with E-state index in [1.54, 1.807) is 41.5 Å². The van der Waals surface area contributed by atoms with Gasteiger partial charge in [0.2, 0.25) is 0 Å². The van der Waals surface area contributed by atoms with Crippen LogP contribution in [-0.2, 0) is 9.84 Å². The Bertz CT molecular complexity index is 1380. The number of amides is 1. The highest BCUT2D eigenvalue weighted by atomic mass is 32.2. The van der Waals surface area contributed by atoms with Gasteiger partial charge in [-0.25, -0.2) is 13.1 Å². The zero-order chi connectivity index (χ0) is 22.0. The SMILES string of the molecule is CS(=O)(=O)CCNC(=O)c1cccc(-n2ncc3ccc(-c4cncc(N)c4)cc32)c1. The molecule has 4 rings (SSSR count). The van der Waals surface area contributed by atoms with Crippen LogP contribution in [0.3, 0.4) is 0 Å². The summed E-state index contributed by atoms with van der Waals surface area (Å²) >= 11 is 0. The Morgan fingerprint density at radius 3 is 2.68 bits per heavy atom. The van der Waals surface area contributed by atoms with E-state index < -0.39 is 9.84 Å². The zero-order valence-electron chi connectivity index (χ0n) is 16.8. The molecule has 0 bridgehead atoms.